The van der Waals surface area contributed by atoms with Crippen LogP contribution in [-0.4, -0.2) is 30.7 Å². The minimum Gasteiger partial charge on any atom is -0.394 e. The second kappa shape index (κ2) is 9.30. The molecule has 0 bridgehead atoms. The van der Waals surface area contributed by atoms with Crippen molar-refractivity contribution in [3.05, 3.63) is 71.5 Å². The van der Waals surface area contributed by atoms with Crippen LogP contribution in [-0.2, 0) is 16.8 Å². The van der Waals surface area contributed by atoms with Crippen molar-refractivity contribution in [2.24, 2.45) is 0 Å². The molecule has 0 radical (unpaired) electrons. The molecule has 1 amide bonds. The number of benzene rings is 2. The lowest BCUT2D eigenvalue weighted by Crippen LogP contribution is -2.49. The molecule has 5 heteroatoms. The lowest BCUT2D eigenvalue weighted by molar-refractivity contribution is -0.120. The van der Waals surface area contributed by atoms with Gasteiger partial charge in [-0.15, -0.1) is 0 Å². The highest BCUT2D eigenvalue weighted by Gasteiger charge is 2.29. The summed E-state index contributed by atoms with van der Waals surface area (Å²) in [7, 11) is 0. The van der Waals surface area contributed by atoms with Crippen LogP contribution in [0.15, 0.2) is 54.6 Å². The molecule has 0 spiro atoms. The van der Waals surface area contributed by atoms with Gasteiger partial charge in [-0.1, -0.05) is 49.4 Å². The van der Waals surface area contributed by atoms with Gasteiger partial charge in [0.05, 0.1) is 18.7 Å². The van der Waals surface area contributed by atoms with Gasteiger partial charge in [0.25, 0.3) is 0 Å². The van der Waals surface area contributed by atoms with Crippen LogP contribution in [0.1, 0.15) is 24.5 Å². The minimum atomic E-state index is -0.629. The molecule has 25 heavy (non-hydrogen) atoms. The van der Waals surface area contributed by atoms with Gasteiger partial charge >= 0.3 is 0 Å². The Bertz CT molecular complexity index is 655. The molecule has 2 aromatic carbocycles. The normalized spacial score (nSPS) is 13.2. The van der Waals surface area contributed by atoms with E-state index < -0.39 is 5.54 Å². The van der Waals surface area contributed by atoms with Crippen LogP contribution < -0.4 is 10.6 Å². The van der Waals surface area contributed by atoms with E-state index in [4.69, 9.17) is 0 Å². The molecule has 134 valence electrons. The van der Waals surface area contributed by atoms with Gasteiger partial charge in [0.1, 0.15) is 5.82 Å². The standard InChI is InChI=1S/C20H25FN2O2/c1-2-20(15-24,17-6-4-3-5-7-17)23-14-19(25)22-13-12-16-8-10-18(21)11-9-16/h3-11,23-24H,2,12-15H2,1H3,(H,22,25). The topological polar surface area (TPSA) is 61.4 Å². The van der Waals surface area contributed by atoms with E-state index in [1.54, 1.807) is 12.1 Å². The summed E-state index contributed by atoms with van der Waals surface area (Å²) in [5.74, 6) is -0.401. The van der Waals surface area contributed by atoms with Crippen LogP contribution in [0, 0.1) is 5.82 Å². The van der Waals surface area contributed by atoms with Crippen LogP contribution in [0.25, 0.3) is 0 Å². The Hall–Kier alpha value is -2.24. The molecule has 0 heterocycles. The molecule has 0 aromatic heterocycles. The molecule has 0 aliphatic rings. The fraction of sp³-hybridized carbons (Fsp3) is 0.350. The van der Waals surface area contributed by atoms with Gasteiger partial charge in [0, 0.05) is 6.54 Å². The van der Waals surface area contributed by atoms with Gasteiger partial charge in [-0.25, -0.2) is 4.39 Å². The summed E-state index contributed by atoms with van der Waals surface area (Å²) in [4.78, 5) is 12.1. The number of rotatable bonds is 9. The van der Waals surface area contributed by atoms with Crippen LogP contribution in [0.2, 0.25) is 0 Å². The van der Waals surface area contributed by atoms with Crippen molar-refractivity contribution in [1.82, 2.24) is 10.6 Å². The lowest BCUT2D eigenvalue weighted by Gasteiger charge is -2.32. The Kier molecular flexibility index (Phi) is 7.10. The van der Waals surface area contributed by atoms with E-state index >= 15 is 0 Å². The van der Waals surface area contributed by atoms with Crippen LogP contribution in [0.3, 0.4) is 0 Å². The summed E-state index contributed by atoms with van der Waals surface area (Å²) in [5, 5.41) is 15.9. The van der Waals surface area contributed by atoms with Gasteiger partial charge in [-0.3, -0.25) is 10.1 Å². The Balaban J connectivity index is 1.84. The Morgan fingerprint density at radius 1 is 1.12 bits per heavy atom. The average Bonchev–Trinajstić information content (AvgIpc) is 2.65. The smallest absolute Gasteiger partial charge is 0.233 e. The van der Waals surface area contributed by atoms with Crippen molar-refractivity contribution in [1.29, 1.82) is 0 Å². The van der Waals surface area contributed by atoms with Gasteiger partial charge in [0.15, 0.2) is 0 Å². The third-order valence-electron chi connectivity index (χ3n) is 4.44. The molecule has 1 atom stereocenters. The number of aliphatic hydroxyl groups is 1. The molecule has 0 aliphatic carbocycles. The maximum atomic E-state index is 12.9. The zero-order valence-electron chi connectivity index (χ0n) is 14.5. The minimum absolute atomic E-state index is 0.0869. The number of hydrogen-bond acceptors (Lipinski definition) is 3. The highest BCUT2D eigenvalue weighted by molar-refractivity contribution is 5.78. The Morgan fingerprint density at radius 3 is 2.40 bits per heavy atom. The zero-order valence-corrected chi connectivity index (χ0v) is 14.5. The quantitative estimate of drug-likeness (QED) is 0.654. The van der Waals surface area contributed by atoms with Gasteiger partial charge in [-0.2, -0.15) is 0 Å². The summed E-state index contributed by atoms with van der Waals surface area (Å²) < 4.78 is 12.9. The molecule has 1 unspecified atom stereocenters. The number of nitrogens with one attached hydrogen (secondary N) is 2. The highest BCUT2D eigenvalue weighted by atomic mass is 19.1. The Labute approximate surface area is 148 Å². The summed E-state index contributed by atoms with van der Waals surface area (Å²) in [5.41, 5.74) is 1.30. The van der Waals surface area contributed by atoms with E-state index in [9.17, 15) is 14.3 Å². The summed E-state index contributed by atoms with van der Waals surface area (Å²) >= 11 is 0. The number of halogens is 1. The predicted molar refractivity (Wildman–Crippen MR) is 96.6 cm³/mol. The van der Waals surface area contributed by atoms with Crippen molar-refractivity contribution >= 4 is 5.91 Å². The summed E-state index contributed by atoms with van der Waals surface area (Å²) in [6.45, 7) is 2.49. The van der Waals surface area contributed by atoms with Crippen LogP contribution >= 0.6 is 0 Å². The van der Waals surface area contributed by atoms with Crippen molar-refractivity contribution in [2.45, 2.75) is 25.3 Å². The van der Waals surface area contributed by atoms with E-state index in [-0.39, 0.29) is 24.9 Å². The number of carbonyl (C=O) groups excluding carboxylic acids is 1. The molecule has 2 rings (SSSR count). The number of carbonyl (C=O) groups is 1. The molecule has 2 aromatic rings. The molecule has 0 fully saturated rings. The third kappa shape index (κ3) is 5.37. The van der Waals surface area contributed by atoms with E-state index in [1.807, 2.05) is 37.3 Å². The third-order valence-corrected chi connectivity index (χ3v) is 4.44. The maximum absolute atomic E-state index is 12.9. The number of hydrogen-bond donors (Lipinski definition) is 3. The van der Waals surface area contributed by atoms with Crippen molar-refractivity contribution in [3.8, 4) is 0 Å². The van der Waals surface area contributed by atoms with Crippen molar-refractivity contribution in [3.63, 3.8) is 0 Å². The molecule has 0 saturated heterocycles. The SMILES string of the molecule is CCC(CO)(NCC(=O)NCCc1ccc(F)cc1)c1ccccc1. The van der Waals surface area contributed by atoms with Gasteiger partial charge in [0.2, 0.25) is 5.91 Å². The highest BCUT2D eigenvalue weighted by Crippen LogP contribution is 2.24. The second-order valence-corrected chi connectivity index (χ2v) is 6.04. The Morgan fingerprint density at radius 2 is 1.80 bits per heavy atom. The van der Waals surface area contributed by atoms with Crippen LogP contribution in [0.5, 0.6) is 0 Å². The van der Waals surface area contributed by atoms with Gasteiger partial charge < -0.3 is 10.4 Å². The second-order valence-electron chi connectivity index (χ2n) is 6.04. The predicted octanol–water partition coefficient (Wildman–Crippen LogP) is 2.37. The fourth-order valence-corrected chi connectivity index (χ4v) is 2.76. The first kappa shape index (κ1) is 19.1. The van der Waals surface area contributed by atoms with E-state index in [1.165, 1.54) is 12.1 Å². The van der Waals surface area contributed by atoms with Crippen molar-refractivity contribution in [2.75, 3.05) is 19.7 Å². The summed E-state index contributed by atoms with van der Waals surface area (Å²) in [6.07, 6.45) is 1.31. The van der Waals surface area contributed by atoms with E-state index in [0.29, 0.717) is 19.4 Å². The average molecular weight is 344 g/mol. The molecule has 0 saturated carbocycles. The summed E-state index contributed by atoms with van der Waals surface area (Å²) in [6, 6.07) is 15.9. The van der Waals surface area contributed by atoms with Crippen molar-refractivity contribution < 1.29 is 14.3 Å². The first-order valence-electron chi connectivity index (χ1n) is 8.52. The maximum Gasteiger partial charge on any atom is 0.233 e. The monoisotopic (exact) mass is 344 g/mol. The molecule has 3 N–H and O–H groups in total. The molecule has 0 aliphatic heterocycles. The first-order chi connectivity index (χ1) is 12.1. The zero-order chi connectivity index (χ0) is 18.1. The number of aliphatic hydroxyl groups excluding tert-OH is 1. The molecular formula is C20H25FN2O2. The van der Waals surface area contributed by atoms with E-state index in [2.05, 4.69) is 10.6 Å². The molecule has 4 nitrogen and oxygen atoms in total. The number of amides is 1. The van der Waals surface area contributed by atoms with Gasteiger partial charge in [-0.05, 0) is 36.1 Å². The molecular weight excluding hydrogens is 319 g/mol. The lowest BCUT2D eigenvalue weighted by atomic mass is 9.88. The fourth-order valence-electron chi connectivity index (χ4n) is 2.76. The van der Waals surface area contributed by atoms with E-state index in [0.717, 1.165) is 11.1 Å². The first-order valence-corrected chi connectivity index (χ1v) is 8.52. The largest absolute Gasteiger partial charge is 0.394 e. The van der Waals surface area contributed by atoms with Crippen LogP contribution in [0.4, 0.5) is 4.39 Å².